The largest absolute Gasteiger partial charge is 0.465 e. The fraction of sp³-hybridized carbons (Fsp3) is 0.188. The molecule has 128 valence electrons. The van der Waals surface area contributed by atoms with Crippen LogP contribution in [0.5, 0.6) is 0 Å². The summed E-state index contributed by atoms with van der Waals surface area (Å²) in [6.45, 7) is 2.19. The van der Waals surface area contributed by atoms with Crippen molar-refractivity contribution >= 4 is 28.3 Å². The van der Waals surface area contributed by atoms with Crippen molar-refractivity contribution in [3.63, 3.8) is 0 Å². The zero-order chi connectivity index (χ0) is 17.8. The third kappa shape index (κ3) is 3.89. The molecule has 1 amide bonds. The molecule has 0 radical (unpaired) electrons. The lowest BCUT2D eigenvalue weighted by Gasteiger charge is -1.99. The summed E-state index contributed by atoms with van der Waals surface area (Å²) in [4.78, 5) is 28.4. The lowest BCUT2D eigenvalue weighted by atomic mass is 10.2. The maximum Gasteiger partial charge on any atom is 0.350 e. The molecule has 0 spiro atoms. The molecule has 25 heavy (non-hydrogen) atoms. The number of anilines is 1. The number of methoxy groups -OCH3 is 1. The average molecular weight is 357 g/mol. The van der Waals surface area contributed by atoms with E-state index in [-0.39, 0.29) is 5.69 Å². The predicted octanol–water partition coefficient (Wildman–Crippen LogP) is 2.13. The van der Waals surface area contributed by atoms with E-state index in [1.54, 1.807) is 17.8 Å². The molecule has 8 nitrogen and oxygen atoms in total. The summed E-state index contributed by atoms with van der Waals surface area (Å²) in [5.41, 5.74) is 1.72. The van der Waals surface area contributed by atoms with Crippen LogP contribution in [0.3, 0.4) is 0 Å². The lowest BCUT2D eigenvalue weighted by molar-refractivity contribution is 0.0605. The molecule has 1 aromatic carbocycles. The summed E-state index contributed by atoms with van der Waals surface area (Å²) in [5.74, 6) is -0.922. The van der Waals surface area contributed by atoms with E-state index in [0.29, 0.717) is 22.2 Å². The molecule has 0 bridgehead atoms. The number of rotatable bonds is 5. The van der Waals surface area contributed by atoms with Crippen molar-refractivity contribution in [3.8, 4) is 0 Å². The maximum absolute atomic E-state index is 12.3. The smallest absolute Gasteiger partial charge is 0.350 e. The Labute approximate surface area is 147 Å². The van der Waals surface area contributed by atoms with Gasteiger partial charge in [0.05, 0.1) is 25.5 Å². The van der Waals surface area contributed by atoms with Gasteiger partial charge in [0.25, 0.3) is 5.91 Å². The van der Waals surface area contributed by atoms with Crippen LogP contribution in [0.2, 0.25) is 0 Å². The molecule has 0 atom stereocenters. The van der Waals surface area contributed by atoms with Crippen molar-refractivity contribution in [2.45, 2.75) is 13.5 Å². The number of nitrogens with zero attached hydrogens (tertiary/aromatic N) is 4. The highest BCUT2D eigenvalue weighted by molar-refractivity contribution is 7.17. The van der Waals surface area contributed by atoms with E-state index in [1.165, 1.54) is 7.11 Å². The van der Waals surface area contributed by atoms with Gasteiger partial charge in [-0.3, -0.25) is 10.1 Å². The molecular weight excluding hydrogens is 342 g/mol. The second-order valence-electron chi connectivity index (χ2n) is 5.17. The van der Waals surface area contributed by atoms with E-state index >= 15 is 0 Å². The van der Waals surface area contributed by atoms with Crippen LogP contribution in [0.25, 0.3) is 0 Å². The van der Waals surface area contributed by atoms with Crippen molar-refractivity contribution in [2.24, 2.45) is 0 Å². The highest BCUT2D eigenvalue weighted by atomic mass is 32.1. The molecular formula is C16H15N5O3S. The summed E-state index contributed by atoms with van der Waals surface area (Å²) in [7, 11) is 1.30. The van der Waals surface area contributed by atoms with Gasteiger partial charge < -0.3 is 4.74 Å². The SMILES string of the molecule is COC(=O)c1sc(NC(=O)c2cn(Cc3ccccc3)nn2)nc1C. The number of hydrogen-bond donors (Lipinski definition) is 1. The fourth-order valence-corrected chi connectivity index (χ4v) is 3.02. The van der Waals surface area contributed by atoms with Crippen LogP contribution in [0.15, 0.2) is 36.5 Å². The van der Waals surface area contributed by atoms with Gasteiger partial charge in [0.2, 0.25) is 0 Å². The Morgan fingerprint density at radius 1 is 1.28 bits per heavy atom. The summed E-state index contributed by atoms with van der Waals surface area (Å²) >= 11 is 1.05. The first-order valence-corrected chi connectivity index (χ1v) is 8.19. The zero-order valence-electron chi connectivity index (χ0n) is 13.6. The summed E-state index contributed by atoms with van der Waals surface area (Å²) in [6.07, 6.45) is 1.56. The van der Waals surface area contributed by atoms with Gasteiger partial charge in [-0.15, -0.1) is 5.10 Å². The molecule has 3 rings (SSSR count). The first-order chi connectivity index (χ1) is 12.1. The van der Waals surface area contributed by atoms with Crippen LogP contribution in [-0.2, 0) is 11.3 Å². The van der Waals surface area contributed by atoms with Gasteiger partial charge in [-0.25, -0.2) is 14.5 Å². The Hall–Kier alpha value is -3.07. The number of benzene rings is 1. The Bertz CT molecular complexity index is 904. The molecule has 9 heteroatoms. The van der Waals surface area contributed by atoms with E-state index < -0.39 is 11.9 Å². The minimum absolute atomic E-state index is 0.170. The van der Waals surface area contributed by atoms with Crippen molar-refractivity contribution < 1.29 is 14.3 Å². The lowest BCUT2D eigenvalue weighted by Crippen LogP contribution is -2.12. The molecule has 3 aromatic rings. The minimum atomic E-state index is -0.482. The monoisotopic (exact) mass is 357 g/mol. The van der Waals surface area contributed by atoms with E-state index in [1.807, 2.05) is 30.3 Å². The van der Waals surface area contributed by atoms with Gasteiger partial charge in [-0.05, 0) is 12.5 Å². The Morgan fingerprint density at radius 3 is 2.76 bits per heavy atom. The number of carbonyl (C=O) groups excluding carboxylic acids is 2. The number of carbonyl (C=O) groups is 2. The van der Waals surface area contributed by atoms with Crippen LogP contribution in [0.4, 0.5) is 5.13 Å². The number of aryl methyl sites for hydroxylation is 1. The Kier molecular flexibility index (Phi) is 4.85. The molecule has 0 fully saturated rings. The van der Waals surface area contributed by atoms with Gasteiger partial charge >= 0.3 is 5.97 Å². The number of nitrogens with one attached hydrogen (secondary N) is 1. The molecule has 0 unspecified atom stereocenters. The third-order valence-corrected chi connectivity index (χ3v) is 4.40. The standard InChI is InChI=1S/C16H15N5O3S/c1-10-13(15(23)24-2)25-16(17-10)18-14(22)12-9-21(20-19-12)8-11-6-4-3-5-7-11/h3-7,9H,8H2,1-2H3,(H,17,18,22). The van der Waals surface area contributed by atoms with Crippen LogP contribution in [0, 0.1) is 6.92 Å². The van der Waals surface area contributed by atoms with Crippen molar-refractivity contribution in [2.75, 3.05) is 12.4 Å². The Balaban J connectivity index is 1.69. The maximum atomic E-state index is 12.3. The molecule has 0 saturated carbocycles. The van der Waals surface area contributed by atoms with Crippen LogP contribution >= 0.6 is 11.3 Å². The van der Waals surface area contributed by atoms with Gasteiger partial charge in [0, 0.05) is 0 Å². The summed E-state index contributed by atoms with van der Waals surface area (Å²) in [5, 5.41) is 10.8. The van der Waals surface area contributed by atoms with Crippen molar-refractivity contribution in [3.05, 3.63) is 58.4 Å². The summed E-state index contributed by atoms with van der Waals surface area (Å²) in [6, 6.07) is 9.73. The van der Waals surface area contributed by atoms with E-state index in [4.69, 9.17) is 0 Å². The van der Waals surface area contributed by atoms with Crippen molar-refractivity contribution in [1.29, 1.82) is 0 Å². The molecule has 2 aromatic heterocycles. The Morgan fingerprint density at radius 2 is 2.04 bits per heavy atom. The van der Waals surface area contributed by atoms with Gasteiger partial charge in [-0.1, -0.05) is 46.9 Å². The van der Waals surface area contributed by atoms with Crippen LogP contribution in [-0.4, -0.2) is 39.0 Å². The number of amides is 1. The van der Waals surface area contributed by atoms with Gasteiger partial charge in [0.1, 0.15) is 4.88 Å². The number of ether oxygens (including phenoxy) is 1. The number of thiazole rings is 1. The first kappa shape index (κ1) is 16.8. The van der Waals surface area contributed by atoms with E-state index in [9.17, 15) is 9.59 Å². The molecule has 1 N–H and O–H groups in total. The second-order valence-corrected chi connectivity index (χ2v) is 6.17. The van der Waals surface area contributed by atoms with Gasteiger partial charge in [0.15, 0.2) is 10.8 Å². The summed E-state index contributed by atoms with van der Waals surface area (Å²) < 4.78 is 6.25. The predicted molar refractivity (Wildman–Crippen MR) is 91.7 cm³/mol. The van der Waals surface area contributed by atoms with Crippen LogP contribution in [0.1, 0.15) is 31.4 Å². The second kappa shape index (κ2) is 7.22. The quantitative estimate of drug-likeness (QED) is 0.702. The average Bonchev–Trinajstić information content (AvgIpc) is 3.22. The molecule has 2 heterocycles. The topological polar surface area (TPSA) is 99.0 Å². The van der Waals surface area contributed by atoms with Crippen LogP contribution < -0.4 is 5.32 Å². The van der Waals surface area contributed by atoms with Gasteiger partial charge in [-0.2, -0.15) is 0 Å². The first-order valence-electron chi connectivity index (χ1n) is 7.38. The highest BCUT2D eigenvalue weighted by Crippen LogP contribution is 2.23. The molecule has 0 saturated heterocycles. The molecule has 0 aliphatic carbocycles. The van der Waals surface area contributed by atoms with E-state index in [2.05, 4.69) is 25.3 Å². The third-order valence-electron chi connectivity index (χ3n) is 3.35. The normalized spacial score (nSPS) is 10.5. The number of aromatic nitrogens is 4. The van der Waals surface area contributed by atoms with Crippen molar-refractivity contribution in [1.82, 2.24) is 20.0 Å². The van der Waals surface area contributed by atoms with E-state index in [0.717, 1.165) is 16.9 Å². The molecule has 0 aliphatic rings. The zero-order valence-corrected chi connectivity index (χ0v) is 14.4. The highest BCUT2D eigenvalue weighted by Gasteiger charge is 2.18. The fourth-order valence-electron chi connectivity index (χ4n) is 2.14. The molecule has 0 aliphatic heterocycles. The number of esters is 1. The number of hydrogen-bond acceptors (Lipinski definition) is 7. The minimum Gasteiger partial charge on any atom is -0.465 e.